The molecule has 1 aliphatic carbocycles. The van der Waals surface area contributed by atoms with E-state index in [0.29, 0.717) is 18.5 Å². The highest BCUT2D eigenvalue weighted by Crippen LogP contribution is 2.34. The monoisotopic (exact) mass is 275 g/mol. The maximum atomic E-state index is 12.4. The van der Waals surface area contributed by atoms with E-state index < -0.39 is 5.63 Å². The van der Waals surface area contributed by atoms with E-state index in [4.69, 9.17) is 4.42 Å². The Hall–Kier alpha value is -1.91. The van der Waals surface area contributed by atoms with Gasteiger partial charge < -0.3 is 4.42 Å². The number of nitrogens with zero attached hydrogens (tertiary/aromatic N) is 1. The van der Waals surface area contributed by atoms with Crippen molar-refractivity contribution < 1.29 is 14.0 Å². The minimum absolute atomic E-state index is 0.00141. The first-order valence-electron chi connectivity index (χ1n) is 7.10. The van der Waals surface area contributed by atoms with Gasteiger partial charge in [0.1, 0.15) is 5.76 Å². The van der Waals surface area contributed by atoms with Crippen LogP contribution in [0.15, 0.2) is 15.3 Å². The third kappa shape index (κ3) is 2.28. The first-order chi connectivity index (χ1) is 9.60. The summed E-state index contributed by atoms with van der Waals surface area (Å²) in [6, 6.07) is 1.41. The van der Waals surface area contributed by atoms with Gasteiger partial charge in [-0.15, -0.1) is 0 Å². The SMILES string of the molecule is CCN1C(=O)Cc2oc(=O)cc(CCC3CC3)c2C1=O. The maximum absolute atomic E-state index is 12.4. The highest BCUT2D eigenvalue weighted by Gasteiger charge is 2.34. The quantitative estimate of drug-likeness (QED) is 0.781. The number of amides is 2. The van der Waals surface area contributed by atoms with E-state index in [1.807, 2.05) is 0 Å². The second kappa shape index (κ2) is 4.89. The number of rotatable bonds is 4. The molecule has 2 aliphatic rings. The Kier molecular flexibility index (Phi) is 3.20. The summed E-state index contributed by atoms with van der Waals surface area (Å²) in [6.45, 7) is 2.11. The van der Waals surface area contributed by atoms with Gasteiger partial charge in [0.15, 0.2) is 0 Å². The molecule has 0 bridgehead atoms. The van der Waals surface area contributed by atoms with Crippen LogP contribution in [0.3, 0.4) is 0 Å². The van der Waals surface area contributed by atoms with Gasteiger partial charge in [-0.05, 0) is 31.2 Å². The fraction of sp³-hybridized carbons (Fsp3) is 0.533. The first-order valence-corrected chi connectivity index (χ1v) is 7.10. The number of imide groups is 1. The van der Waals surface area contributed by atoms with Gasteiger partial charge in [-0.25, -0.2) is 4.79 Å². The van der Waals surface area contributed by atoms with Crippen molar-refractivity contribution in [2.75, 3.05) is 6.54 Å². The summed E-state index contributed by atoms with van der Waals surface area (Å²) >= 11 is 0. The van der Waals surface area contributed by atoms with Crippen molar-refractivity contribution in [3.05, 3.63) is 33.4 Å². The molecule has 1 saturated carbocycles. The largest absolute Gasteiger partial charge is 0.426 e. The number of hydrogen-bond acceptors (Lipinski definition) is 4. The van der Waals surface area contributed by atoms with Gasteiger partial charge in [-0.1, -0.05) is 12.8 Å². The van der Waals surface area contributed by atoms with Crippen molar-refractivity contribution in [2.24, 2.45) is 5.92 Å². The summed E-state index contributed by atoms with van der Waals surface area (Å²) in [6.07, 6.45) is 4.16. The molecule has 0 spiro atoms. The molecule has 0 aromatic carbocycles. The lowest BCUT2D eigenvalue weighted by Crippen LogP contribution is -2.43. The van der Waals surface area contributed by atoms with Crippen molar-refractivity contribution in [1.29, 1.82) is 0 Å². The van der Waals surface area contributed by atoms with Crippen molar-refractivity contribution in [2.45, 2.75) is 39.0 Å². The molecule has 0 atom stereocenters. The molecule has 3 rings (SSSR count). The number of fused-ring (bicyclic) bond motifs is 1. The Morgan fingerprint density at radius 2 is 2.05 bits per heavy atom. The first kappa shape index (κ1) is 13.1. The van der Waals surface area contributed by atoms with Gasteiger partial charge in [0.2, 0.25) is 5.91 Å². The molecule has 5 nitrogen and oxygen atoms in total. The molecule has 0 radical (unpaired) electrons. The number of carbonyl (C=O) groups is 2. The summed E-state index contributed by atoms with van der Waals surface area (Å²) in [4.78, 5) is 37.0. The number of aryl methyl sites for hydroxylation is 1. The van der Waals surface area contributed by atoms with Crippen molar-refractivity contribution in [1.82, 2.24) is 4.90 Å². The Morgan fingerprint density at radius 1 is 1.30 bits per heavy atom. The Balaban J connectivity index is 2.00. The molecular weight excluding hydrogens is 258 g/mol. The predicted octanol–water partition coefficient (Wildman–Crippen LogP) is 1.53. The van der Waals surface area contributed by atoms with Crippen molar-refractivity contribution >= 4 is 11.8 Å². The number of hydrogen-bond donors (Lipinski definition) is 0. The highest BCUT2D eigenvalue weighted by molar-refractivity contribution is 6.09. The van der Waals surface area contributed by atoms with Crippen molar-refractivity contribution in [3.63, 3.8) is 0 Å². The van der Waals surface area contributed by atoms with Crippen LogP contribution in [0.1, 0.15) is 47.9 Å². The molecule has 0 N–H and O–H groups in total. The van der Waals surface area contributed by atoms with Gasteiger partial charge in [0.25, 0.3) is 5.91 Å². The molecule has 0 unspecified atom stereocenters. The molecule has 0 saturated heterocycles. The average Bonchev–Trinajstić information content (AvgIpc) is 3.19. The zero-order chi connectivity index (χ0) is 14.3. The van der Waals surface area contributed by atoms with Gasteiger partial charge in [-0.2, -0.15) is 0 Å². The zero-order valence-corrected chi connectivity index (χ0v) is 11.5. The summed E-state index contributed by atoms with van der Waals surface area (Å²) < 4.78 is 5.07. The van der Waals surface area contributed by atoms with Gasteiger partial charge >= 0.3 is 5.63 Å². The predicted molar refractivity (Wildman–Crippen MR) is 71.4 cm³/mol. The standard InChI is InChI=1S/C15H17NO4/c1-2-16-12(17)8-11-14(15(16)19)10(7-13(18)20-11)6-5-9-3-4-9/h7,9H,2-6,8H2,1H3. The zero-order valence-electron chi connectivity index (χ0n) is 11.5. The van der Waals surface area contributed by atoms with E-state index in [0.717, 1.165) is 17.9 Å². The van der Waals surface area contributed by atoms with Gasteiger partial charge in [0.05, 0.1) is 12.0 Å². The van der Waals surface area contributed by atoms with Crippen LogP contribution in [0, 0.1) is 5.92 Å². The molecule has 1 aliphatic heterocycles. The second-order valence-electron chi connectivity index (χ2n) is 5.49. The minimum atomic E-state index is -0.472. The van der Waals surface area contributed by atoms with Crippen LogP contribution >= 0.6 is 0 Å². The van der Waals surface area contributed by atoms with E-state index in [2.05, 4.69) is 0 Å². The Labute approximate surface area is 116 Å². The normalized spacial score (nSPS) is 18.4. The van der Waals surface area contributed by atoms with Crippen LogP contribution in [0.2, 0.25) is 0 Å². The molecule has 5 heteroatoms. The number of likely N-dealkylation sites (N-methyl/N-ethyl adjacent to an activating group) is 1. The summed E-state index contributed by atoms with van der Waals surface area (Å²) in [5, 5.41) is 0. The molecule has 1 aromatic rings. The third-order valence-corrected chi connectivity index (χ3v) is 4.02. The lowest BCUT2D eigenvalue weighted by molar-refractivity contribution is -0.128. The van der Waals surface area contributed by atoms with Crippen molar-refractivity contribution in [3.8, 4) is 0 Å². The minimum Gasteiger partial charge on any atom is -0.426 e. The van der Waals surface area contributed by atoms with Gasteiger partial charge in [0, 0.05) is 12.6 Å². The fourth-order valence-electron chi connectivity index (χ4n) is 2.74. The summed E-state index contributed by atoms with van der Waals surface area (Å²) in [5.74, 6) is 0.337. The van der Waals surface area contributed by atoms with Crippen LogP contribution in [-0.2, 0) is 17.6 Å². The van der Waals surface area contributed by atoms with Crippen LogP contribution in [-0.4, -0.2) is 23.3 Å². The molecular formula is C15H17NO4. The van der Waals surface area contributed by atoms with Crippen LogP contribution in [0.25, 0.3) is 0 Å². The van der Waals surface area contributed by atoms with Crippen LogP contribution in [0.4, 0.5) is 0 Å². The van der Waals surface area contributed by atoms with Crippen LogP contribution < -0.4 is 5.63 Å². The topological polar surface area (TPSA) is 67.6 Å². The fourth-order valence-corrected chi connectivity index (χ4v) is 2.74. The third-order valence-electron chi connectivity index (χ3n) is 4.02. The summed E-state index contributed by atoms with van der Waals surface area (Å²) in [7, 11) is 0. The molecule has 106 valence electrons. The second-order valence-corrected chi connectivity index (χ2v) is 5.49. The molecule has 2 amide bonds. The number of carbonyl (C=O) groups excluding carboxylic acids is 2. The van der Waals surface area contributed by atoms with E-state index in [-0.39, 0.29) is 24.0 Å². The molecule has 1 aromatic heterocycles. The smallest absolute Gasteiger partial charge is 0.336 e. The Morgan fingerprint density at radius 3 is 2.70 bits per heavy atom. The van der Waals surface area contributed by atoms with E-state index in [1.54, 1.807) is 6.92 Å². The highest BCUT2D eigenvalue weighted by atomic mass is 16.4. The Bertz CT molecular complexity index is 627. The van der Waals surface area contributed by atoms with Gasteiger partial charge in [-0.3, -0.25) is 14.5 Å². The molecule has 2 heterocycles. The van der Waals surface area contributed by atoms with Crippen LogP contribution in [0.5, 0.6) is 0 Å². The molecule has 1 fully saturated rings. The van der Waals surface area contributed by atoms with E-state index >= 15 is 0 Å². The molecule has 20 heavy (non-hydrogen) atoms. The summed E-state index contributed by atoms with van der Waals surface area (Å²) in [5.41, 5.74) is 0.700. The lowest BCUT2D eigenvalue weighted by Gasteiger charge is -2.25. The lowest BCUT2D eigenvalue weighted by atomic mass is 9.96. The van der Waals surface area contributed by atoms with E-state index in [9.17, 15) is 14.4 Å². The average molecular weight is 275 g/mol. The van der Waals surface area contributed by atoms with E-state index in [1.165, 1.54) is 23.8 Å². The maximum Gasteiger partial charge on any atom is 0.336 e.